The van der Waals surface area contributed by atoms with Crippen molar-refractivity contribution in [3.63, 3.8) is 0 Å². The molecule has 0 aliphatic carbocycles. The van der Waals surface area contributed by atoms with E-state index in [2.05, 4.69) is 16.0 Å². The summed E-state index contributed by atoms with van der Waals surface area (Å²) in [6, 6.07) is -3.76. The highest BCUT2D eigenvalue weighted by Crippen LogP contribution is 2.27. The van der Waals surface area contributed by atoms with Gasteiger partial charge in [0.2, 0.25) is 47.3 Å². The normalized spacial score (nSPS) is 26.1. The first kappa shape index (κ1) is 69.5. The molecule has 10 atom stereocenters. The Morgan fingerprint density at radius 1 is 0.634 bits per heavy atom. The zero-order valence-corrected chi connectivity index (χ0v) is 51.8. The zero-order chi connectivity index (χ0) is 62.4. The number of carbonyl (C=O) groups excluding carboxylic acids is 10. The molecule has 82 heavy (non-hydrogen) atoms. The van der Waals surface area contributed by atoms with Crippen molar-refractivity contribution in [2.45, 2.75) is 182 Å². The number of carboxylic acids is 1. The summed E-state index contributed by atoms with van der Waals surface area (Å²) in [6.45, 7) is 20.1. The Bertz CT molecular complexity index is 2430. The molecule has 10 unspecified atom stereocenters. The number of nitrogens with zero attached hydrogens (tertiary/aromatic N) is 6. The fraction of sp³-hybridized carbons (Fsp3) is 0.712. The van der Waals surface area contributed by atoms with E-state index in [-0.39, 0.29) is 31.7 Å². The number of nitrogens with one attached hydrogen (secondary N) is 3. The van der Waals surface area contributed by atoms with Gasteiger partial charge in [0.05, 0.1) is 20.1 Å². The van der Waals surface area contributed by atoms with E-state index in [4.69, 9.17) is 9.47 Å². The van der Waals surface area contributed by atoms with Gasteiger partial charge < -0.3 is 59.9 Å². The number of benzene rings is 1. The van der Waals surface area contributed by atoms with Crippen LogP contribution in [0.15, 0.2) is 24.3 Å². The van der Waals surface area contributed by atoms with Crippen LogP contribution in [0.5, 0.6) is 5.75 Å². The number of esters is 1. The lowest BCUT2D eigenvalue weighted by atomic mass is 9.93. The van der Waals surface area contributed by atoms with Gasteiger partial charge in [-0.25, -0.2) is 4.79 Å². The van der Waals surface area contributed by atoms with E-state index in [0.717, 1.165) is 14.7 Å². The second kappa shape index (κ2) is 31.0. The molecule has 0 spiro atoms. The molecular formula is C59H95N9O14. The average molecular weight is 1150 g/mol. The second-order valence-electron chi connectivity index (χ2n) is 24.0. The van der Waals surface area contributed by atoms with Gasteiger partial charge in [-0.05, 0) is 78.9 Å². The number of aliphatic carboxylic acids is 1. The fourth-order valence-corrected chi connectivity index (χ4v) is 10.8. The summed E-state index contributed by atoms with van der Waals surface area (Å²) >= 11 is 0. The molecule has 0 saturated carbocycles. The van der Waals surface area contributed by atoms with E-state index >= 15 is 0 Å². The molecule has 0 bridgehead atoms. The van der Waals surface area contributed by atoms with Crippen LogP contribution in [-0.2, 0) is 63.9 Å². The predicted molar refractivity (Wildman–Crippen MR) is 306 cm³/mol. The molecule has 23 nitrogen and oxygen atoms in total. The lowest BCUT2D eigenvalue weighted by molar-refractivity contribution is -0.169. The van der Waals surface area contributed by atoms with E-state index in [1.54, 1.807) is 93.5 Å². The van der Waals surface area contributed by atoms with Gasteiger partial charge in [-0.2, -0.15) is 0 Å². The van der Waals surface area contributed by atoms with E-state index in [1.165, 1.54) is 57.0 Å². The molecule has 3 rings (SSSR count). The van der Waals surface area contributed by atoms with Crippen LogP contribution in [0.3, 0.4) is 0 Å². The maximum Gasteiger partial charge on any atom is 0.329 e. The van der Waals surface area contributed by atoms with E-state index in [1.807, 2.05) is 13.8 Å². The Balaban J connectivity index is 2.31. The fourth-order valence-electron chi connectivity index (χ4n) is 10.8. The third-order valence-corrected chi connectivity index (χ3v) is 15.9. The van der Waals surface area contributed by atoms with Crippen molar-refractivity contribution in [1.29, 1.82) is 0 Å². The second-order valence-corrected chi connectivity index (χ2v) is 24.0. The zero-order valence-electron chi connectivity index (χ0n) is 51.8. The molecule has 2 saturated heterocycles. The number of hydrogen-bond donors (Lipinski definition) is 4. The molecular weight excluding hydrogens is 1060 g/mol. The molecule has 0 aromatic heterocycles. The van der Waals surface area contributed by atoms with Gasteiger partial charge in [0, 0.05) is 48.2 Å². The SMILES string of the molecule is CCC(C)C1C(=O)N(C)C(CC(C)C)C(=O)NCC(=O)N(C)C(C(C)C)C(=O)NC(Cc2ccc(OC)cc2)C(=O)OC(C(C)C)C(=O)N2CCCCC2C(=O)N(C)C(C(C)C)C(=O)NC(C(C)C)C(=O)N(C)C(CC(=O)O)C(=O)N1C. The monoisotopic (exact) mass is 1150 g/mol. The minimum absolute atomic E-state index is 0.105. The van der Waals surface area contributed by atoms with Crippen molar-refractivity contribution in [3.05, 3.63) is 29.8 Å². The van der Waals surface area contributed by atoms with Crippen molar-refractivity contribution in [1.82, 2.24) is 45.3 Å². The number of fused-ring (bicyclic) bond motifs is 1. The summed E-state index contributed by atoms with van der Waals surface area (Å²) in [5.74, 6) is -11.6. The van der Waals surface area contributed by atoms with Crippen LogP contribution in [0.4, 0.5) is 0 Å². The van der Waals surface area contributed by atoms with Gasteiger partial charge in [0.15, 0.2) is 6.10 Å². The van der Waals surface area contributed by atoms with Crippen LogP contribution < -0.4 is 20.7 Å². The molecule has 1 aromatic carbocycles. The molecule has 4 N–H and O–H groups in total. The summed E-state index contributed by atoms with van der Waals surface area (Å²) in [7, 11) is 8.26. The smallest absolute Gasteiger partial charge is 0.329 e. The molecule has 1 aromatic rings. The molecule has 2 aliphatic rings. The van der Waals surface area contributed by atoms with Gasteiger partial charge in [0.25, 0.3) is 5.91 Å². The Morgan fingerprint density at radius 2 is 1.18 bits per heavy atom. The Kier molecular flexibility index (Phi) is 26.3. The Labute approximate surface area is 485 Å². The standard InChI is InChI=1S/C59H95N9O14/c1-19-37(12)49-57(78)63(13)42(28-32(2)3)51(72)60-31-44(69)65(15)47(34(6)7)52(73)61-40(29-38-23-25-39(81-18)26-24-38)59(80)82-50(36(10)11)58(79)68-27-21-20-22-41(68)54(75)66(16)48(35(8)9)53(74)62-46(33(4)5)56(77)64(14)43(30-45(70)71)55(76)67(49)17/h23-26,32-37,40-43,46-50H,19-22,27-31H2,1-18H3,(H,60,72)(H,61,73)(H,62,74)(H,70,71). The quantitative estimate of drug-likeness (QED) is 0.207. The van der Waals surface area contributed by atoms with Gasteiger partial charge in [-0.1, -0.05) is 102 Å². The summed E-state index contributed by atoms with van der Waals surface area (Å²) in [5.41, 5.74) is 0.584. The first-order valence-corrected chi connectivity index (χ1v) is 28.8. The van der Waals surface area contributed by atoms with Crippen molar-refractivity contribution in [3.8, 4) is 5.75 Å². The van der Waals surface area contributed by atoms with Gasteiger partial charge in [0.1, 0.15) is 54.1 Å². The van der Waals surface area contributed by atoms with Crippen LogP contribution in [0.25, 0.3) is 0 Å². The maximum absolute atomic E-state index is 14.9. The number of hydrogen-bond acceptors (Lipinski definition) is 13. The highest BCUT2D eigenvalue weighted by Gasteiger charge is 2.46. The maximum atomic E-state index is 14.9. The highest BCUT2D eigenvalue weighted by atomic mass is 16.6. The van der Waals surface area contributed by atoms with E-state index < -0.39 is 162 Å². The van der Waals surface area contributed by atoms with Crippen LogP contribution in [-0.4, -0.2) is 209 Å². The molecule has 0 radical (unpaired) electrons. The Hall–Kier alpha value is -6.81. The topological polar surface area (TPSA) is 282 Å². The number of likely N-dealkylation sites (N-methyl/N-ethyl adjacent to an activating group) is 5. The number of methoxy groups -OCH3 is 1. The molecule has 2 aliphatic heterocycles. The number of amides is 9. The van der Waals surface area contributed by atoms with Crippen LogP contribution >= 0.6 is 0 Å². The molecule has 23 heteroatoms. The minimum atomic E-state index is -1.69. The third-order valence-electron chi connectivity index (χ3n) is 15.9. The largest absolute Gasteiger partial charge is 0.497 e. The number of piperidine rings is 1. The van der Waals surface area contributed by atoms with Crippen molar-refractivity contribution < 1.29 is 67.3 Å². The molecule has 2 heterocycles. The lowest BCUT2D eigenvalue weighted by Crippen LogP contribution is -2.63. The molecule has 2 fully saturated rings. The highest BCUT2D eigenvalue weighted by molar-refractivity contribution is 5.99. The van der Waals surface area contributed by atoms with Gasteiger partial charge >= 0.3 is 11.9 Å². The predicted octanol–water partition coefficient (Wildman–Crippen LogP) is 2.96. The van der Waals surface area contributed by atoms with E-state index in [0.29, 0.717) is 30.6 Å². The third kappa shape index (κ3) is 17.6. The van der Waals surface area contributed by atoms with Crippen LogP contribution in [0, 0.1) is 35.5 Å². The first-order chi connectivity index (χ1) is 38.2. The Morgan fingerprint density at radius 3 is 1.70 bits per heavy atom. The number of rotatable bonds is 13. The molecule has 9 amide bonds. The number of carbonyl (C=O) groups is 11. The summed E-state index contributed by atoms with van der Waals surface area (Å²) < 4.78 is 11.4. The van der Waals surface area contributed by atoms with Gasteiger partial charge in [-0.15, -0.1) is 0 Å². The first-order valence-electron chi connectivity index (χ1n) is 28.8. The van der Waals surface area contributed by atoms with Crippen LogP contribution in [0.1, 0.15) is 127 Å². The summed E-state index contributed by atoms with van der Waals surface area (Å²) in [4.78, 5) is 166. The van der Waals surface area contributed by atoms with Gasteiger partial charge in [-0.3, -0.25) is 47.9 Å². The minimum Gasteiger partial charge on any atom is -0.497 e. The summed E-state index contributed by atoms with van der Waals surface area (Å²) in [6.07, 6.45) is -0.758. The van der Waals surface area contributed by atoms with Crippen molar-refractivity contribution >= 4 is 65.1 Å². The van der Waals surface area contributed by atoms with Crippen LogP contribution in [0.2, 0.25) is 0 Å². The molecule has 460 valence electrons. The number of cyclic esters (lactones) is 1. The number of carboxylic acid groups (broad SMARTS) is 1. The summed E-state index contributed by atoms with van der Waals surface area (Å²) in [5, 5.41) is 18.4. The lowest BCUT2D eigenvalue weighted by Gasteiger charge is -2.41. The average Bonchev–Trinajstić information content (AvgIpc) is 3.57. The van der Waals surface area contributed by atoms with Crippen molar-refractivity contribution in [2.75, 3.05) is 55.4 Å². The number of ether oxygens (including phenoxy) is 2. The van der Waals surface area contributed by atoms with Crippen molar-refractivity contribution in [2.24, 2.45) is 35.5 Å². The van der Waals surface area contributed by atoms with E-state index in [9.17, 15) is 57.8 Å².